The summed E-state index contributed by atoms with van der Waals surface area (Å²) in [6, 6.07) is -1.00. The third-order valence-corrected chi connectivity index (χ3v) is 3.00. The molecule has 9 heteroatoms. The maximum absolute atomic E-state index is 11.9. The number of carboxylic acids is 1. The number of carbonyl (C=O) groups excluding carboxylic acids is 1. The highest BCUT2D eigenvalue weighted by Crippen LogP contribution is 2.16. The number of aliphatic carboxylic acids is 1. The number of thioether (sulfide) groups is 1. The standard InChI is InChI=1S/C10H18N2O6S/c1-10(2,6-18-12(16)17)9(15)11-7(8(13)14)4-5-19-3/h7H,4-6H2,1-3H3,(H,11,15)(H,13,14). The van der Waals surface area contributed by atoms with E-state index in [2.05, 4.69) is 10.2 Å². The second-order valence-electron chi connectivity index (χ2n) is 4.53. The van der Waals surface area contributed by atoms with Crippen LogP contribution in [0.25, 0.3) is 0 Å². The Labute approximate surface area is 115 Å². The molecule has 0 aromatic heterocycles. The Morgan fingerprint density at radius 2 is 2.11 bits per heavy atom. The summed E-state index contributed by atoms with van der Waals surface area (Å²) < 4.78 is 0. The number of nitrogens with one attached hydrogen (secondary N) is 1. The summed E-state index contributed by atoms with van der Waals surface area (Å²) in [5.74, 6) is -1.14. The van der Waals surface area contributed by atoms with Crippen molar-refractivity contribution in [3.63, 3.8) is 0 Å². The minimum atomic E-state index is -1.18. The number of amides is 1. The van der Waals surface area contributed by atoms with Gasteiger partial charge in [0.25, 0.3) is 5.09 Å². The maximum atomic E-state index is 11.9. The molecule has 19 heavy (non-hydrogen) atoms. The first-order chi connectivity index (χ1) is 8.70. The van der Waals surface area contributed by atoms with Crippen LogP contribution in [0, 0.1) is 15.5 Å². The Kier molecular flexibility index (Phi) is 7.20. The van der Waals surface area contributed by atoms with Gasteiger partial charge in [0.05, 0.1) is 5.41 Å². The Morgan fingerprint density at radius 1 is 1.53 bits per heavy atom. The van der Waals surface area contributed by atoms with Gasteiger partial charge in [-0.15, -0.1) is 10.1 Å². The lowest BCUT2D eigenvalue weighted by atomic mass is 9.93. The number of rotatable bonds is 9. The van der Waals surface area contributed by atoms with Gasteiger partial charge in [-0.3, -0.25) is 4.79 Å². The predicted octanol–water partition coefficient (Wildman–Crippen LogP) is 0.543. The van der Waals surface area contributed by atoms with Crippen LogP contribution in [0.4, 0.5) is 0 Å². The summed E-state index contributed by atoms with van der Waals surface area (Å²) in [5, 5.41) is 20.4. The zero-order chi connectivity index (χ0) is 15.1. The molecule has 1 amide bonds. The van der Waals surface area contributed by atoms with Gasteiger partial charge >= 0.3 is 5.97 Å². The van der Waals surface area contributed by atoms with Gasteiger partial charge in [-0.2, -0.15) is 11.8 Å². The quantitative estimate of drug-likeness (QED) is 0.470. The summed E-state index contributed by atoms with van der Waals surface area (Å²) in [6.45, 7) is 2.46. The topological polar surface area (TPSA) is 119 Å². The van der Waals surface area contributed by atoms with Gasteiger partial charge in [0, 0.05) is 0 Å². The highest BCUT2D eigenvalue weighted by Gasteiger charge is 2.32. The van der Waals surface area contributed by atoms with Crippen LogP contribution in [-0.4, -0.2) is 46.7 Å². The first-order valence-electron chi connectivity index (χ1n) is 5.50. The van der Waals surface area contributed by atoms with Crippen molar-refractivity contribution in [1.29, 1.82) is 0 Å². The van der Waals surface area contributed by atoms with Crippen LogP contribution >= 0.6 is 11.8 Å². The van der Waals surface area contributed by atoms with E-state index < -0.39 is 35.0 Å². The van der Waals surface area contributed by atoms with Gasteiger partial charge in [0.1, 0.15) is 12.6 Å². The van der Waals surface area contributed by atoms with Crippen LogP contribution < -0.4 is 5.32 Å². The van der Waals surface area contributed by atoms with E-state index in [1.807, 2.05) is 6.26 Å². The van der Waals surface area contributed by atoms with E-state index in [-0.39, 0.29) is 6.42 Å². The van der Waals surface area contributed by atoms with Crippen LogP contribution in [0.1, 0.15) is 20.3 Å². The van der Waals surface area contributed by atoms with Crippen LogP contribution in [0.5, 0.6) is 0 Å². The Morgan fingerprint density at radius 3 is 2.53 bits per heavy atom. The second kappa shape index (κ2) is 7.82. The normalized spacial score (nSPS) is 12.6. The molecule has 0 aliphatic carbocycles. The number of hydrogen-bond donors (Lipinski definition) is 2. The first-order valence-corrected chi connectivity index (χ1v) is 6.90. The van der Waals surface area contributed by atoms with Gasteiger partial charge in [0.15, 0.2) is 0 Å². The molecule has 0 radical (unpaired) electrons. The summed E-state index contributed by atoms with van der Waals surface area (Å²) in [6.07, 6.45) is 2.12. The molecular formula is C10H18N2O6S. The zero-order valence-corrected chi connectivity index (χ0v) is 11.9. The second-order valence-corrected chi connectivity index (χ2v) is 5.51. The highest BCUT2D eigenvalue weighted by molar-refractivity contribution is 7.98. The van der Waals surface area contributed by atoms with Crippen molar-refractivity contribution >= 4 is 23.6 Å². The molecule has 0 bridgehead atoms. The summed E-state index contributed by atoms with van der Waals surface area (Å²) in [5.41, 5.74) is -1.18. The molecule has 0 saturated heterocycles. The van der Waals surface area contributed by atoms with Crippen molar-refractivity contribution in [2.45, 2.75) is 26.3 Å². The lowest BCUT2D eigenvalue weighted by Crippen LogP contribution is -2.48. The number of carboxylic acid groups (broad SMARTS) is 1. The summed E-state index contributed by atoms with van der Waals surface area (Å²) in [4.78, 5) is 37.1. The minimum absolute atomic E-state index is 0.286. The molecule has 0 rings (SSSR count). The molecule has 0 aromatic rings. The van der Waals surface area contributed by atoms with Gasteiger partial charge in [-0.1, -0.05) is 0 Å². The molecule has 0 spiro atoms. The summed E-state index contributed by atoms with van der Waals surface area (Å²) in [7, 11) is 0. The van der Waals surface area contributed by atoms with E-state index in [1.54, 1.807) is 0 Å². The monoisotopic (exact) mass is 294 g/mol. The largest absolute Gasteiger partial charge is 0.480 e. The van der Waals surface area contributed by atoms with Gasteiger partial charge in [-0.05, 0) is 32.3 Å². The fourth-order valence-corrected chi connectivity index (χ4v) is 1.60. The molecule has 1 atom stereocenters. The van der Waals surface area contributed by atoms with E-state index in [1.165, 1.54) is 25.6 Å². The van der Waals surface area contributed by atoms with Crippen LogP contribution in [0.15, 0.2) is 0 Å². The van der Waals surface area contributed by atoms with Crippen LogP contribution in [0.3, 0.4) is 0 Å². The van der Waals surface area contributed by atoms with Crippen LogP contribution in [0.2, 0.25) is 0 Å². The molecular weight excluding hydrogens is 276 g/mol. The SMILES string of the molecule is CSCCC(NC(=O)C(C)(C)CO[N+](=O)[O-])C(=O)O. The van der Waals surface area contributed by atoms with E-state index in [4.69, 9.17) is 5.11 Å². The third kappa shape index (κ3) is 6.85. The van der Waals surface area contributed by atoms with E-state index in [0.29, 0.717) is 5.75 Å². The van der Waals surface area contributed by atoms with Crippen molar-refractivity contribution in [3.05, 3.63) is 10.1 Å². The third-order valence-electron chi connectivity index (χ3n) is 2.36. The average molecular weight is 294 g/mol. The molecule has 0 aliphatic rings. The molecule has 0 fully saturated rings. The number of carbonyl (C=O) groups is 2. The Balaban J connectivity index is 4.52. The lowest BCUT2D eigenvalue weighted by molar-refractivity contribution is -0.760. The Hall–Kier alpha value is -1.51. The molecule has 8 nitrogen and oxygen atoms in total. The van der Waals surface area contributed by atoms with Crippen molar-refractivity contribution in [3.8, 4) is 0 Å². The van der Waals surface area contributed by atoms with Crippen molar-refractivity contribution < 1.29 is 24.6 Å². The smallest absolute Gasteiger partial charge is 0.326 e. The predicted molar refractivity (Wildman–Crippen MR) is 69.3 cm³/mol. The molecule has 0 heterocycles. The molecule has 2 N–H and O–H groups in total. The van der Waals surface area contributed by atoms with Gasteiger partial charge in [-0.25, -0.2) is 4.79 Å². The number of nitrogens with zero attached hydrogens (tertiary/aromatic N) is 1. The zero-order valence-electron chi connectivity index (χ0n) is 11.0. The molecule has 0 aromatic carbocycles. The van der Waals surface area contributed by atoms with Crippen molar-refractivity contribution in [2.24, 2.45) is 5.41 Å². The highest BCUT2D eigenvalue weighted by atomic mass is 32.2. The van der Waals surface area contributed by atoms with E-state index in [0.717, 1.165) is 0 Å². The lowest BCUT2D eigenvalue weighted by Gasteiger charge is -2.24. The first kappa shape index (κ1) is 17.5. The van der Waals surface area contributed by atoms with E-state index >= 15 is 0 Å². The Bertz CT molecular complexity index is 347. The van der Waals surface area contributed by atoms with Crippen molar-refractivity contribution in [2.75, 3.05) is 18.6 Å². The fraction of sp³-hybridized carbons (Fsp3) is 0.800. The molecule has 1 unspecified atom stereocenters. The fourth-order valence-electron chi connectivity index (χ4n) is 1.13. The molecule has 110 valence electrons. The average Bonchev–Trinajstić information content (AvgIpc) is 2.31. The van der Waals surface area contributed by atoms with E-state index in [9.17, 15) is 19.7 Å². The molecule has 0 saturated carbocycles. The number of hydrogen-bond acceptors (Lipinski definition) is 6. The van der Waals surface area contributed by atoms with Crippen LogP contribution in [-0.2, 0) is 14.4 Å². The minimum Gasteiger partial charge on any atom is -0.480 e. The maximum Gasteiger partial charge on any atom is 0.326 e. The van der Waals surface area contributed by atoms with Crippen molar-refractivity contribution in [1.82, 2.24) is 5.32 Å². The van der Waals surface area contributed by atoms with Gasteiger partial charge < -0.3 is 15.3 Å². The molecule has 0 aliphatic heterocycles. The summed E-state index contributed by atoms with van der Waals surface area (Å²) >= 11 is 1.47. The van der Waals surface area contributed by atoms with Gasteiger partial charge in [0.2, 0.25) is 5.91 Å².